The van der Waals surface area contributed by atoms with E-state index in [1.54, 1.807) is 13.3 Å². The summed E-state index contributed by atoms with van der Waals surface area (Å²) in [7, 11) is 3.63. The second-order valence-electron chi connectivity index (χ2n) is 6.58. The minimum atomic E-state index is -0.0797. The van der Waals surface area contributed by atoms with E-state index in [2.05, 4.69) is 40.0 Å². The van der Waals surface area contributed by atoms with E-state index >= 15 is 0 Å². The maximum atomic E-state index is 11.9. The third kappa shape index (κ3) is 4.46. The average molecular weight is 342 g/mol. The Kier molecular flexibility index (Phi) is 5.83. The molecular weight excluding hydrogens is 316 g/mol. The molecule has 0 saturated carbocycles. The van der Waals surface area contributed by atoms with Crippen LogP contribution in [0.15, 0.2) is 42.6 Å². The molecule has 1 amide bonds. The first-order valence-corrected chi connectivity index (χ1v) is 8.73. The van der Waals surface area contributed by atoms with E-state index in [1.807, 2.05) is 23.9 Å². The third-order valence-corrected chi connectivity index (χ3v) is 4.72. The molecule has 2 heterocycles. The van der Waals surface area contributed by atoms with Crippen LogP contribution in [0, 0.1) is 0 Å². The van der Waals surface area contributed by atoms with Crippen LogP contribution in [0.2, 0.25) is 0 Å². The zero-order valence-corrected chi connectivity index (χ0v) is 14.8. The van der Waals surface area contributed by atoms with Crippen LogP contribution in [0.1, 0.15) is 30.1 Å². The highest BCUT2D eigenvalue weighted by molar-refractivity contribution is 5.77. The van der Waals surface area contributed by atoms with Crippen LogP contribution in [-0.2, 0) is 23.0 Å². The van der Waals surface area contributed by atoms with Crippen molar-refractivity contribution < 1.29 is 9.53 Å². The van der Waals surface area contributed by atoms with Gasteiger partial charge < -0.3 is 15.4 Å². The lowest BCUT2D eigenvalue weighted by atomic mass is 9.93. The summed E-state index contributed by atoms with van der Waals surface area (Å²) in [6.07, 6.45) is 3.99. The van der Waals surface area contributed by atoms with Gasteiger partial charge in [-0.25, -0.2) is 0 Å². The molecule has 0 unspecified atom stereocenters. The first kappa shape index (κ1) is 17.6. The van der Waals surface area contributed by atoms with E-state index in [-0.39, 0.29) is 24.0 Å². The Morgan fingerprint density at radius 1 is 1.36 bits per heavy atom. The summed E-state index contributed by atoms with van der Waals surface area (Å²) < 4.78 is 7.25. The number of benzene rings is 1. The molecule has 0 radical (unpaired) electrons. The van der Waals surface area contributed by atoms with Gasteiger partial charge in [-0.2, -0.15) is 5.10 Å². The molecule has 3 atom stereocenters. The third-order valence-electron chi connectivity index (χ3n) is 4.72. The van der Waals surface area contributed by atoms with Gasteiger partial charge in [-0.3, -0.25) is 9.48 Å². The fourth-order valence-electron chi connectivity index (χ4n) is 3.52. The van der Waals surface area contributed by atoms with Crippen molar-refractivity contribution in [3.05, 3.63) is 53.9 Å². The second kappa shape index (κ2) is 8.27. The quantitative estimate of drug-likeness (QED) is 0.802. The average Bonchev–Trinajstić information content (AvgIpc) is 3.03. The van der Waals surface area contributed by atoms with Crippen molar-refractivity contribution in [2.45, 2.75) is 37.4 Å². The standard InChI is InChI=1S/C19H26N4O2/c1-23-17(10-11-20-23)19-16(8-9-18(24)22-19)21-15(13-25-2)12-14-6-4-3-5-7-14/h3-7,10-11,15-16,19,21H,8-9,12-13H2,1-2H3,(H,22,24)/t15-,16+,19+/m0/s1. The van der Waals surface area contributed by atoms with Gasteiger partial charge in [-0.15, -0.1) is 0 Å². The molecule has 0 bridgehead atoms. The van der Waals surface area contributed by atoms with Gasteiger partial charge in [0.2, 0.25) is 5.91 Å². The minimum Gasteiger partial charge on any atom is -0.383 e. The molecule has 0 aliphatic carbocycles. The van der Waals surface area contributed by atoms with Crippen molar-refractivity contribution in [1.82, 2.24) is 20.4 Å². The van der Waals surface area contributed by atoms with E-state index in [0.29, 0.717) is 13.0 Å². The summed E-state index contributed by atoms with van der Waals surface area (Å²) in [6.45, 7) is 0.622. The first-order valence-electron chi connectivity index (χ1n) is 8.73. The number of hydrogen-bond donors (Lipinski definition) is 2. The van der Waals surface area contributed by atoms with Crippen LogP contribution in [0.5, 0.6) is 0 Å². The van der Waals surface area contributed by atoms with Gasteiger partial charge in [0.15, 0.2) is 0 Å². The van der Waals surface area contributed by atoms with Gasteiger partial charge >= 0.3 is 0 Å². The van der Waals surface area contributed by atoms with Crippen molar-refractivity contribution in [3.63, 3.8) is 0 Å². The van der Waals surface area contributed by atoms with Crippen LogP contribution in [0.25, 0.3) is 0 Å². The molecule has 1 fully saturated rings. The fraction of sp³-hybridized carbons (Fsp3) is 0.474. The molecule has 3 rings (SSSR count). The number of rotatable bonds is 7. The molecule has 1 aliphatic rings. The number of nitrogens with zero attached hydrogens (tertiary/aromatic N) is 2. The van der Waals surface area contributed by atoms with Crippen LogP contribution >= 0.6 is 0 Å². The van der Waals surface area contributed by atoms with E-state index in [0.717, 1.165) is 18.5 Å². The SMILES string of the molecule is COC[C@H](Cc1ccccc1)N[C@@H]1CCC(=O)N[C@H]1c1ccnn1C. The van der Waals surface area contributed by atoms with Crippen molar-refractivity contribution in [1.29, 1.82) is 0 Å². The zero-order valence-electron chi connectivity index (χ0n) is 14.8. The molecule has 6 heteroatoms. The lowest BCUT2D eigenvalue weighted by Gasteiger charge is -2.35. The van der Waals surface area contributed by atoms with Crippen molar-refractivity contribution >= 4 is 5.91 Å². The summed E-state index contributed by atoms with van der Waals surface area (Å²) in [5.74, 6) is 0.0931. The Labute approximate surface area is 148 Å². The summed E-state index contributed by atoms with van der Waals surface area (Å²) in [5.41, 5.74) is 2.29. The van der Waals surface area contributed by atoms with Crippen LogP contribution in [-0.4, -0.2) is 41.5 Å². The highest BCUT2D eigenvalue weighted by Gasteiger charge is 2.32. The van der Waals surface area contributed by atoms with Crippen molar-refractivity contribution in [2.75, 3.05) is 13.7 Å². The van der Waals surface area contributed by atoms with E-state index in [9.17, 15) is 4.79 Å². The number of hydrogen-bond acceptors (Lipinski definition) is 4. The van der Waals surface area contributed by atoms with Gasteiger partial charge in [-0.1, -0.05) is 30.3 Å². The highest BCUT2D eigenvalue weighted by Crippen LogP contribution is 2.24. The number of aryl methyl sites for hydroxylation is 1. The van der Waals surface area contributed by atoms with Gasteiger partial charge in [0.1, 0.15) is 0 Å². The molecule has 6 nitrogen and oxygen atoms in total. The topological polar surface area (TPSA) is 68.2 Å². The zero-order chi connectivity index (χ0) is 17.6. The van der Waals surface area contributed by atoms with Crippen molar-refractivity contribution in [2.24, 2.45) is 7.05 Å². The van der Waals surface area contributed by atoms with Gasteiger partial charge in [0.25, 0.3) is 0 Å². The number of carbonyl (C=O) groups is 1. The lowest BCUT2D eigenvalue weighted by Crippen LogP contribution is -2.53. The smallest absolute Gasteiger partial charge is 0.220 e. The number of amides is 1. The monoisotopic (exact) mass is 342 g/mol. The Bertz CT molecular complexity index is 686. The number of aromatic nitrogens is 2. The Morgan fingerprint density at radius 2 is 2.16 bits per heavy atom. The minimum absolute atomic E-state index is 0.0797. The number of nitrogens with one attached hydrogen (secondary N) is 2. The van der Waals surface area contributed by atoms with E-state index < -0.39 is 0 Å². The second-order valence-corrected chi connectivity index (χ2v) is 6.58. The van der Waals surface area contributed by atoms with Crippen LogP contribution < -0.4 is 10.6 Å². The normalized spacial score (nSPS) is 21.8. The number of piperidine rings is 1. The van der Waals surface area contributed by atoms with Crippen LogP contribution in [0.3, 0.4) is 0 Å². The summed E-state index contributed by atoms with van der Waals surface area (Å²) in [6, 6.07) is 12.6. The Balaban J connectivity index is 1.74. The molecule has 0 spiro atoms. The molecule has 1 saturated heterocycles. The van der Waals surface area contributed by atoms with Gasteiger partial charge in [-0.05, 0) is 24.5 Å². The molecule has 2 aromatic rings. The Morgan fingerprint density at radius 3 is 2.84 bits per heavy atom. The predicted molar refractivity (Wildman–Crippen MR) is 96.1 cm³/mol. The van der Waals surface area contributed by atoms with E-state index in [4.69, 9.17) is 4.74 Å². The predicted octanol–water partition coefficient (Wildman–Crippen LogP) is 1.59. The molecule has 2 N–H and O–H groups in total. The van der Waals surface area contributed by atoms with Gasteiger partial charge in [0, 0.05) is 38.9 Å². The summed E-state index contributed by atoms with van der Waals surface area (Å²) in [5, 5.41) is 11.1. The van der Waals surface area contributed by atoms with E-state index in [1.165, 1.54) is 5.56 Å². The highest BCUT2D eigenvalue weighted by atomic mass is 16.5. The molecule has 1 aromatic heterocycles. The number of methoxy groups -OCH3 is 1. The molecule has 25 heavy (non-hydrogen) atoms. The molecule has 134 valence electrons. The number of ether oxygens (including phenoxy) is 1. The first-order chi connectivity index (χ1) is 12.2. The summed E-state index contributed by atoms with van der Waals surface area (Å²) in [4.78, 5) is 11.9. The van der Waals surface area contributed by atoms with Gasteiger partial charge in [0.05, 0.1) is 18.3 Å². The molecule has 1 aliphatic heterocycles. The summed E-state index contributed by atoms with van der Waals surface area (Å²) >= 11 is 0. The molecule has 1 aromatic carbocycles. The Hall–Kier alpha value is -2.18. The fourth-order valence-corrected chi connectivity index (χ4v) is 3.52. The lowest BCUT2D eigenvalue weighted by molar-refractivity contribution is -0.124. The largest absolute Gasteiger partial charge is 0.383 e. The van der Waals surface area contributed by atoms with Crippen molar-refractivity contribution in [3.8, 4) is 0 Å². The van der Waals surface area contributed by atoms with Crippen LogP contribution in [0.4, 0.5) is 0 Å². The number of carbonyl (C=O) groups excluding carboxylic acids is 1. The molecular formula is C19H26N4O2. The maximum Gasteiger partial charge on any atom is 0.220 e. The maximum absolute atomic E-state index is 11.9.